The number of methoxy groups -OCH3 is 1. The van der Waals surface area contributed by atoms with Crippen LogP contribution in [0.15, 0.2) is 48.7 Å². The molecule has 3 aromatic rings. The van der Waals surface area contributed by atoms with Gasteiger partial charge in [0.15, 0.2) is 0 Å². The fourth-order valence-electron chi connectivity index (χ4n) is 2.78. The van der Waals surface area contributed by atoms with Crippen molar-refractivity contribution in [1.29, 1.82) is 0 Å². The first-order chi connectivity index (χ1) is 13.1. The minimum Gasteiger partial charge on any atom is -0.497 e. The molecule has 3 rings (SSSR count). The highest BCUT2D eigenvalue weighted by Crippen LogP contribution is 2.24. The minimum atomic E-state index is -0.359. The number of aromatic amines is 1. The lowest BCUT2D eigenvalue weighted by Crippen LogP contribution is -2.14. The van der Waals surface area contributed by atoms with Crippen molar-refractivity contribution in [3.8, 4) is 5.75 Å². The van der Waals surface area contributed by atoms with Crippen LogP contribution in [0.1, 0.15) is 29.3 Å². The van der Waals surface area contributed by atoms with Crippen molar-refractivity contribution >= 4 is 28.5 Å². The lowest BCUT2D eigenvalue weighted by atomic mass is 10.1. The molecular formula is C21H22N2O4. The summed E-state index contributed by atoms with van der Waals surface area (Å²) in [5, 5.41) is 3.80. The summed E-state index contributed by atoms with van der Waals surface area (Å²) in [6.45, 7) is 2.34. The Morgan fingerprint density at radius 1 is 1.11 bits per heavy atom. The van der Waals surface area contributed by atoms with Crippen molar-refractivity contribution in [2.75, 3.05) is 19.0 Å². The number of benzene rings is 2. The summed E-state index contributed by atoms with van der Waals surface area (Å²) in [4.78, 5) is 27.4. The number of esters is 1. The third-order valence-corrected chi connectivity index (χ3v) is 4.17. The second-order valence-electron chi connectivity index (χ2n) is 6.16. The number of carbonyl (C=O) groups is 2. The topological polar surface area (TPSA) is 80.4 Å². The van der Waals surface area contributed by atoms with Crippen LogP contribution in [0.2, 0.25) is 0 Å². The van der Waals surface area contributed by atoms with Crippen molar-refractivity contribution < 1.29 is 19.1 Å². The smallest absolute Gasteiger partial charge is 0.338 e. The average Bonchev–Trinajstić information content (AvgIpc) is 3.08. The summed E-state index contributed by atoms with van der Waals surface area (Å²) in [6, 6.07) is 12.4. The number of hydrogen-bond acceptors (Lipinski definition) is 4. The summed E-state index contributed by atoms with van der Waals surface area (Å²) in [5.74, 6) is 0.247. The van der Waals surface area contributed by atoms with E-state index in [-0.39, 0.29) is 18.3 Å². The number of amides is 1. The summed E-state index contributed by atoms with van der Waals surface area (Å²) < 4.78 is 10.3. The molecule has 140 valence electrons. The Balaban J connectivity index is 1.65. The minimum absolute atomic E-state index is 0.139. The molecule has 1 amide bonds. The van der Waals surface area contributed by atoms with Crippen LogP contribution in [-0.4, -0.2) is 30.6 Å². The number of fused-ring (bicyclic) bond motifs is 1. The monoisotopic (exact) mass is 366 g/mol. The summed E-state index contributed by atoms with van der Waals surface area (Å²) in [6.07, 6.45) is 2.84. The van der Waals surface area contributed by atoms with E-state index in [1.807, 2.05) is 31.3 Å². The summed E-state index contributed by atoms with van der Waals surface area (Å²) in [7, 11) is 1.61. The maximum atomic E-state index is 12.4. The Morgan fingerprint density at radius 3 is 2.59 bits per heavy atom. The largest absolute Gasteiger partial charge is 0.497 e. The van der Waals surface area contributed by atoms with Gasteiger partial charge in [0.2, 0.25) is 5.91 Å². The molecule has 1 heterocycles. The van der Waals surface area contributed by atoms with E-state index >= 15 is 0 Å². The molecule has 0 saturated carbocycles. The van der Waals surface area contributed by atoms with Gasteiger partial charge in [-0.3, -0.25) is 4.79 Å². The van der Waals surface area contributed by atoms with E-state index in [2.05, 4.69) is 10.3 Å². The molecule has 0 aliphatic carbocycles. The second-order valence-corrected chi connectivity index (χ2v) is 6.16. The predicted molar refractivity (Wildman–Crippen MR) is 104 cm³/mol. The van der Waals surface area contributed by atoms with Crippen LogP contribution in [0.4, 0.5) is 5.69 Å². The van der Waals surface area contributed by atoms with Crippen molar-refractivity contribution in [1.82, 2.24) is 4.98 Å². The van der Waals surface area contributed by atoms with E-state index < -0.39 is 0 Å². The van der Waals surface area contributed by atoms with Gasteiger partial charge in [-0.25, -0.2) is 4.79 Å². The number of aromatic nitrogens is 1. The molecule has 0 radical (unpaired) electrons. The first-order valence-electron chi connectivity index (χ1n) is 8.81. The van der Waals surface area contributed by atoms with Gasteiger partial charge in [-0.2, -0.15) is 0 Å². The third-order valence-electron chi connectivity index (χ3n) is 4.17. The number of carbonyl (C=O) groups excluding carboxylic acids is 2. The van der Waals surface area contributed by atoms with Gasteiger partial charge < -0.3 is 19.8 Å². The number of anilines is 1. The molecule has 0 aliphatic rings. The number of hydrogen-bond donors (Lipinski definition) is 2. The lowest BCUT2D eigenvalue weighted by Gasteiger charge is -2.07. The Hall–Kier alpha value is -3.28. The van der Waals surface area contributed by atoms with Crippen molar-refractivity contribution in [2.24, 2.45) is 0 Å². The molecule has 2 N–H and O–H groups in total. The highest BCUT2D eigenvalue weighted by atomic mass is 16.5. The van der Waals surface area contributed by atoms with E-state index in [1.165, 1.54) is 0 Å². The van der Waals surface area contributed by atoms with Gasteiger partial charge in [-0.05, 0) is 54.4 Å². The highest BCUT2D eigenvalue weighted by Gasteiger charge is 2.11. The number of H-pyrrole nitrogens is 1. The normalized spacial score (nSPS) is 10.6. The van der Waals surface area contributed by atoms with Crippen LogP contribution in [0.3, 0.4) is 0 Å². The molecule has 0 aliphatic heterocycles. The van der Waals surface area contributed by atoms with Gasteiger partial charge in [0.05, 0.1) is 25.7 Å². The maximum absolute atomic E-state index is 12.4. The molecule has 1 aromatic heterocycles. The highest BCUT2D eigenvalue weighted by molar-refractivity contribution is 5.96. The Labute approximate surface area is 157 Å². The van der Waals surface area contributed by atoms with Crippen LogP contribution in [-0.2, 0) is 16.0 Å². The van der Waals surface area contributed by atoms with Crippen LogP contribution >= 0.6 is 0 Å². The molecule has 0 saturated heterocycles. The molecule has 0 bridgehead atoms. The van der Waals surface area contributed by atoms with Gasteiger partial charge in [-0.1, -0.05) is 6.92 Å². The van der Waals surface area contributed by atoms with Crippen molar-refractivity contribution in [3.63, 3.8) is 0 Å². The van der Waals surface area contributed by atoms with Gasteiger partial charge >= 0.3 is 5.97 Å². The first kappa shape index (κ1) is 18.5. The molecule has 2 aromatic carbocycles. The molecule has 0 fully saturated rings. The third kappa shape index (κ3) is 4.47. The van der Waals surface area contributed by atoms with Gasteiger partial charge in [0, 0.05) is 22.8 Å². The SMILES string of the molecule is CCCOC(=O)c1ccc(NC(=O)Cc2c[nH]c3ccc(OC)cc23)cc1. The van der Waals surface area contributed by atoms with Crippen LogP contribution in [0.5, 0.6) is 5.75 Å². The summed E-state index contributed by atoms with van der Waals surface area (Å²) in [5.41, 5.74) is 2.93. The Morgan fingerprint density at radius 2 is 1.89 bits per heavy atom. The molecule has 6 heteroatoms. The molecule has 6 nitrogen and oxygen atoms in total. The lowest BCUT2D eigenvalue weighted by molar-refractivity contribution is -0.115. The zero-order valence-corrected chi connectivity index (χ0v) is 15.4. The van der Waals surface area contributed by atoms with Gasteiger partial charge in [0.25, 0.3) is 0 Å². The summed E-state index contributed by atoms with van der Waals surface area (Å²) >= 11 is 0. The fraction of sp³-hybridized carbons (Fsp3) is 0.238. The van der Waals surface area contributed by atoms with E-state index in [1.54, 1.807) is 31.4 Å². The zero-order valence-electron chi connectivity index (χ0n) is 15.4. The first-order valence-corrected chi connectivity index (χ1v) is 8.81. The van der Waals surface area contributed by atoms with E-state index in [4.69, 9.17) is 9.47 Å². The molecule has 0 atom stereocenters. The van der Waals surface area contributed by atoms with Crippen LogP contribution < -0.4 is 10.1 Å². The van der Waals surface area contributed by atoms with Gasteiger partial charge in [0.1, 0.15) is 5.75 Å². The predicted octanol–water partition coefficient (Wildman–Crippen LogP) is 3.92. The quantitative estimate of drug-likeness (QED) is 0.621. The van der Waals surface area contributed by atoms with Gasteiger partial charge in [-0.15, -0.1) is 0 Å². The molecule has 27 heavy (non-hydrogen) atoms. The average molecular weight is 366 g/mol. The maximum Gasteiger partial charge on any atom is 0.338 e. The van der Waals surface area contributed by atoms with Crippen LogP contribution in [0, 0.1) is 0 Å². The van der Waals surface area contributed by atoms with Crippen LogP contribution in [0.25, 0.3) is 10.9 Å². The molecule has 0 unspecified atom stereocenters. The molecule has 0 spiro atoms. The van der Waals surface area contributed by atoms with E-state index in [0.29, 0.717) is 17.9 Å². The van der Waals surface area contributed by atoms with Crippen molar-refractivity contribution in [2.45, 2.75) is 19.8 Å². The van der Waals surface area contributed by atoms with Crippen molar-refractivity contribution in [3.05, 3.63) is 59.8 Å². The number of rotatable bonds is 7. The molecular weight excluding hydrogens is 344 g/mol. The zero-order chi connectivity index (χ0) is 19.2. The Bertz CT molecular complexity index is 944. The second kappa shape index (κ2) is 8.40. The van der Waals surface area contributed by atoms with E-state index in [0.717, 1.165) is 28.6 Å². The standard InChI is InChI=1S/C21H22N2O4/c1-3-10-27-21(25)14-4-6-16(7-5-14)23-20(24)11-15-13-22-19-9-8-17(26-2)12-18(15)19/h4-9,12-13,22H,3,10-11H2,1-2H3,(H,23,24). The fourth-order valence-corrected chi connectivity index (χ4v) is 2.78. The Kier molecular flexibility index (Phi) is 5.76. The number of nitrogens with one attached hydrogen (secondary N) is 2. The van der Waals surface area contributed by atoms with E-state index in [9.17, 15) is 9.59 Å². The number of ether oxygens (including phenoxy) is 2.